The third kappa shape index (κ3) is 2.19. The van der Waals surface area contributed by atoms with E-state index < -0.39 is 5.97 Å². The average molecular weight is 226 g/mol. The Morgan fingerprint density at radius 2 is 2.25 bits per heavy atom. The van der Waals surface area contributed by atoms with Gasteiger partial charge in [-0.1, -0.05) is 0 Å². The third-order valence-corrected chi connectivity index (χ3v) is 3.47. The Morgan fingerprint density at radius 1 is 1.44 bits per heavy atom. The Kier molecular flexibility index (Phi) is 3.43. The smallest absolute Gasteiger partial charge is 0.315 e. The molecule has 2 unspecified atom stereocenters. The average Bonchev–Trinajstić information content (AvgIpc) is 2.72. The number of hydrogen-bond acceptors (Lipinski definition) is 4. The highest BCUT2D eigenvalue weighted by atomic mass is 16.5. The molecule has 2 atom stereocenters. The maximum absolute atomic E-state index is 11.9. The van der Waals surface area contributed by atoms with E-state index >= 15 is 0 Å². The molecule has 0 saturated carbocycles. The van der Waals surface area contributed by atoms with Crippen molar-refractivity contribution in [1.82, 2.24) is 10.2 Å². The summed E-state index contributed by atoms with van der Waals surface area (Å²) in [6, 6.07) is 0.709. The molecule has 16 heavy (non-hydrogen) atoms. The molecule has 5 heteroatoms. The molecular weight excluding hydrogens is 208 g/mol. The van der Waals surface area contributed by atoms with Crippen molar-refractivity contribution in [2.24, 2.45) is 0 Å². The van der Waals surface area contributed by atoms with Crippen molar-refractivity contribution in [1.29, 1.82) is 0 Å². The van der Waals surface area contributed by atoms with Gasteiger partial charge in [0.2, 0.25) is 5.91 Å². The number of rotatable bonds is 2. The first kappa shape index (κ1) is 11.4. The molecule has 90 valence electrons. The fourth-order valence-electron chi connectivity index (χ4n) is 2.65. The molecule has 2 fully saturated rings. The lowest BCUT2D eigenvalue weighted by molar-refractivity contribution is -0.147. The van der Waals surface area contributed by atoms with Gasteiger partial charge in [-0.25, -0.2) is 0 Å². The number of amides is 1. The number of nitrogens with zero attached hydrogens (tertiary/aromatic N) is 1. The lowest BCUT2D eigenvalue weighted by atomic mass is 9.99. The van der Waals surface area contributed by atoms with Gasteiger partial charge in [0.05, 0.1) is 7.11 Å². The Morgan fingerprint density at radius 3 is 3.00 bits per heavy atom. The van der Waals surface area contributed by atoms with Gasteiger partial charge in [-0.05, 0) is 25.8 Å². The highest BCUT2D eigenvalue weighted by Crippen LogP contribution is 2.25. The molecule has 0 radical (unpaired) electrons. The fraction of sp³-hybridized carbons (Fsp3) is 0.818. The highest BCUT2D eigenvalue weighted by molar-refractivity contribution is 5.94. The molecule has 0 aromatic rings. The predicted octanol–water partition coefficient (Wildman–Crippen LogP) is -0.0976. The summed E-state index contributed by atoms with van der Waals surface area (Å²) < 4.78 is 4.51. The van der Waals surface area contributed by atoms with Gasteiger partial charge in [0.15, 0.2) is 0 Å². The van der Waals surface area contributed by atoms with Gasteiger partial charge in [0, 0.05) is 18.6 Å². The van der Waals surface area contributed by atoms with Crippen LogP contribution in [0.5, 0.6) is 0 Å². The zero-order chi connectivity index (χ0) is 11.5. The number of methoxy groups -OCH3 is 1. The van der Waals surface area contributed by atoms with Crippen LogP contribution in [0.4, 0.5) is 0 Å². The first-order chi connectivity index (χ1) is 7.72. The summed E-state index contributed by atoms with van der Waals surface area (Å²) in [5.74, 6) is -0.541. The lowest BCUT2D eigenvalue weighted by Gasteiger charge is -2.32. The SMILES string of the molecule is COC(=O)CC(=O)N1CCC2NCCCC21. The number of hydrogen-bond donors (Lipinski definition) is 1. The molecule has 2 aliphatic rings. The summed E-state index contributed by atoms with van der Waals surface area (Å²) >= 11 is 0. The number of nitrogens with one attached hydrogen (secondary N) is 1. The van der Waals surface area contributed by atoms with Crippen LogP contribution in [0.1, 0.15) is 25.7 Å². The number of carbonyl (C=O) groups is 2. The van der Waals surface area contributed by atoms with Crippen molar-refractivity contribution in [2.45, 2.75) is 37.8 Å². The van der Waals surface area contributed by atoms with Gasteiger partial charge in [0.1, 0.15) is 6.42 Å². The molecule has 2 saturated heterocycles. The largest absolute Gasteiger partial charge is 0.469 e. The summed E-state index contributed by atoms with van der Waals surface area (Å²) in [6.45, 7) is 1.80. The number of fused-ring (bicyclic) bond motifs is 1. The van der Waals surface area contributed by atoms with Gasteiger partial charge in [-0.15, -0.1) is 0 Å². The summed E-state index contributed by atoms with van der Waals surface area (Å²) in [4.78, 5) is 24.8. The van der Waals surface area contributed by atoms with Crippen LogP contribution in [0, 0.1) is 0 Å². The Labute approximate surface area is 95.1 Å². The second-order valence-electron chi connectivity index (χ2n) is 4.40. The van der Waals surface area contributed by atoms with Crippen molar-refractivity contribution in [3.05, 3.63) is 0 Å². The molecule has 0 spiro atoms. The topological polar surface area (TPSA) is 58.6 Å². The van der Waals surface area contributed by atoms with Crippen LogP contribution < -0.4 is 5.32 Å². The molecule has 0 bridgehead atoms. The van der Waals surface area contributed by atoms with Crippen LogP contribution in [0.3, 0.4) is 0 Å². The zero-order valence-corrected chi connectivity index (χ0v) is 9.57. The van der Waals surface area contributed by atoms with E-state index in [4.69, 9.17) is 0 Å². The van der Waals surface area contributed by atoms with E-state index in [1.54, 1.807) is 0 Å². The van der Waals surface area contributed by atoms with E-state index in [9.17, 15) is 9.59 Å². The minimum absolute atomic E-state index is 0.0944. The molecule has 0 aromatic carbocycles. The van der Waals surface area contributed by atoms with Crippen LogP contribution in [0.15, 0.2) is 0 Å². The summed E-state index contributed by atoms with van der Waals surface area (Å²) in [5, 5.41) is 3.42. The van der Waals surface area contributed by atoms with E-state index in [2.05, 4.69) is 10.1 Å². The van der Waals surface area contributed by atoms with Crippen molar-refractivity contribution >= 4 is 11.9 Å². The maximum atomic E-state index is 11.9. The van der Waals surface area contributed by atoms with Gasteiger partial charge < -0.3 is 15.0 Å². The van der Waals surface area contributed by atoms with Crippen LogP contribution in [-0.2, 0) is 14.3 Å². The van der Waals surface area contributed by atoms with Crippen molar-refractivity contribution in [3.63, 3.8) is 0 Å². The van der Waals surface area contributed by atoms with E-state index in [-0.39, 0.29) is 18.4 Å². The molecule has 0 aromatic heterocycles. The summed E-state index contributed by atoms with van der Waals surface area (Å²) in [5.41, 5.74) is 0. The van der Waals surface area contributed by atoms with E-state index in [1.807, 2.05) is 4.90 Å². The standard InChI is InChI=1S/C11H18N2O3/c1-16-11(15)7-10(14)13-6-4-8-9(13)3-2-5-12-8/h8-9,12H,2-7H2,1H3. The first-order valence-electron chi connectivity index (χ1n) is 5.82. The van der Waals surface area contributed by atoms with Gasteiger partial charge in [-0.3, -0.25) is 9.59 Å². The van der Waals surface area contributed by atoms with Crippen molar-refractivity contribution in [2.75, 3.05) is 20.2 Å². The Bertz CT molecular complexity index is 293. The number of carbonyl (C=O) groups excluding carboxylic acids is 2. The molecule has 2 aliphatic heterocycles. The fourth-order valence-corrected chi connectivity index (χ4v) is 2.65. The number of esters is 1. The molecule has 1 N–H and O–H groups in total. The number of ether oxygens (including phenoxy) is 1. The van der Waals surface area contributed by atoms with Gasteiger partial charge in [0.25, 0.3) is 0 Å². The third-order valence-electron chi connectivity index (χ3n) is 3.47. The molecule has 1 amide bonds. The van der Waals surface area contributed by atoms with E-state index in [0.717, 1.165) is 32.4 Å². The molecule has 0 aliphatic carbocycles. The second-order valence-corrected chi connectivity index (χ2v) is 4.40. The monoisotopic (exact) mass is 226 g/mol. The summed E-state index contributed by atoms with van der Waals surface area (Å²) in [7, 11) is 1.31. The molecular formula is C11H18N2O3. The molecule has 2 heterocycles. The summed E-state index contributed by atoms with van der Waals surface area (Å²) in [6.07, 6.45) is 3.02. The van der Waals surface area contributed by atoms with Crippen LogP contribution in [0.25, 0.3) is 0 Å². The number of likely N-dealkylation sites (tertiary alicyclic amines) is 1. The first-order valence-corrected chi connectivity index (χ1v) is 5.82. The number of piperidine rings is 1. The Balaban J connectivity index is 1.94. The van der Waals surface area contributed by atoms with Crippen molar-refractivity contribution < 1.29 is 14.3 Å². The molecule has 5 nitrogen and oxygen atoms in total. The van der Waals surface area contributed by atoms with Crippen LogP contribution >= 0.6 is 0 Å². The lowest BCUT2D eigenvalue weighted by Crippen LogP contribution is -2.48. The predicted molar refractivity (Wildman–Crippen MR) is 57.8 cm³/mol. The minimum Gasteiger partial charge on any atom is -0.469 e. The minimum atomic E-state index is -0.447. The zero-order valence-electron chi connectivity index (χ0n) is 9.57. The van der Waals surface area contributed by atoms with Crippen LogP contribution in [0.2, 0.25) is 0 Å². The van der Waals surface area contributed by atoms with Crippen molar-refractivity contribution in [3.8, 4) is 0 Å². The maximum Gasteiger partial charge on any atom is 0.315 e. The highest BCUT2D eigenvalue weighted by Gasteiger charge is 2.38. The molecule has 2 rings (SSSR count). The second kappa shape index (κ2) is 4.82. The van der Waals surface area contributed by atoms with E-state index in [0.29, 0.717) is 6.04 Å². The normalized spacial score (nSPS) is 28.7. The quantitative estimate of drug-likeness (QED) is 0.528. The van der Waals surface area contributed by atoms with E-state index in [1.165, 1.54) is 7.11 Å². The van der Waals surface area contributed by atoms with Gasteiger partial charge in [-0.2, -0.15) is 0 Å². The Hall–Kier alpha value is -1.10. The van der Waals surface area contributed by atoms with Gasteiger partial charge >= 0.3 is 5.97 Å². The van der Waals surface area contributed by atoms with Crippen LogP contribution in [-0.4, -0.2) is 49.1 Å².